The minimum atomic E-state index is -5.82. The summed E-state index contributed by atoms with van der Waals surface area (Å²) in [5.74, 6) is -20.0. The number of fused-ring (bicyclic) bond motifs is 2. The summed E-state index contributed by atoms with van der Waals surface area (Å²) < 4.78 is 255. The number of hydrogen-bond acceptors (Lipinski definition) is 36. The Labute approximate surface area is 689 Å². The highest BCUT2D eigenvalue weighted by molar-refractivity contribution is 7.66. The first-order valence-corrected chi connectivity index (χ1v) is 39.6. The highest BCUT2D eigenvalue weighted by Crippen LogP contribution is 2.67. The topological polar surface area (TPSA) is 716 Å². The number of H-pyrrole nitrogens is 4. The number of aromatic amines is 4. The number of rotatable bonds is 18. The molecule has 6 fully saturated rings. The highest BCUT2D eigenvalue weighted by atomic mass is 31.3. The summed E-state index contributed by atoms with van der Waals surface area (Å²) in [6, 6.07) is 2.05. The number of carbonyl (C=O) groups is 2. The van der Waals surface area contributed by atoms with Gasteiger partial charge in [-0.25, -0.2) is 100 Å². The average Bonchev–Trinajstić information content (AvgIpc) is 1.62. The molecule has 8 aliphatic rings. The van der Waals surface area contributed by atoms with E-state index >= 15 is 0 Å². The average molecular weight is 1900 g/mol. The lowest BCUT2D eigenvalue weighted by atomic mass is 9.95. The van der Waals surface area contributed by atoms with Gasteiger partial charge in [0.05, 0.1) is 18.3 Å². The first kappa shape index (κ1) is 100. The first-order valence-electron chi connectivity index (χ1n) is 35.1. The van der Waals surface area contributed by atoms with E-state index in [1.165, 1.54) is 26.8 Å². The lowest BCUT2D eigenvalue weighted by molar-refractivity contribution is -0.210. The summed E-state index contributed by atoms with van der Waals surface area (Å²) in [5.41, 5.74) is 0.944. The lowest BCUT2D eigenvalue weighted by Gasteiger charge is -2.31. The van der Waals surface area contributed by atoms with E-state index in [0.717, 1.165) is 68.4 Å². The maximum absolute atomic E-state index is 15.0. The van der Waals surface area contributed by atoms with Crippen LogP contribution in [0.1, 0.15) is 49.1 Å². The molecule has 700 valence electrons. The quantitative estimate of drug-likeness (QED) is 0.0296. The van der Waals surface area contributed by atoms with Crippen LogP contribution in [0.15, 0.2) is 104 Å². The van der Waals surface area contributed by atoms with E-state index in [1.54, 1.807) is 0 Å². The second kappa shape index (κ2) is 38.0. The standard InChI is InChI=1S/C11H11F3N4O3.C11H12F2N4O4.C10H11F3N2O3.C10H12F2N2O4.C10H16FN2O14P3.C9H11F2N3O4/c1-4-16-8-6(9(20)17-4)15-3-18(8)10-5(12)7(13)11(14,2-19)21-10;1-4-15-8-6(9(20)16-4)14-3-17(8)10-5(12)7(19)11(13,2-18)21-10;1-5-14-6(17)2-3-15(5)9-7(11)8(12)10(13,4-16)18-9;1-5-13-6(16)2-3-14(5)9-7(11)8(17)10(12,4-15)18-9;1-4-7(5-2-6(14)13-9(16)12-5)25-10(11,8(4)15)3-24-29(20,21)27-30(22,23)26-28(17,18)19;10-5-6(16)9(11,3-15)18-7(5)14-2-1-4(12)13-8(14)17/h3,5,7,10,19H,2H2,1H3,(H,16,17,20);3,5,7,10,18-19H,2H2,1H3,(H,15,16,20);2-3,7-9,16H,1,4H2,(H,14,17);2-3,7-9,15,17H,1,4H2,(H,13,16);2,4,7-8,15H,3H2,1H3,(H,20,21)(H,22,23)(H2,17,18,19)(H2,12,13,14,16);1-2,5-7,15-16H,3H2,(H2,12,13,17)/t2*5-,7+,10-,11-;2*7-,8+,9-,10-;4-,7+,8-,10+;5-,6+,7-,9-/m111101/s1. The number of aliphatic hydroxyl groups excluding tert-OH is 9. The number of aryl methyl sites for hydroxylation is 2. The molecule has 0 spiro atoms. The van der Waals surface area contributed by atoms with Gasteiger partial charge in [-0.2, -0.15) is 13.6 Å². The molecule has 65 heteroatoms. The number of alkyl halides is 13. The third-order valence-corrected chi connectivity index (χ3v) is 22.3. The molecule has 6 aromatic heterocycles. The molecule has 0 aliphatic carbocycles. The van der Waals surface area contributed by atoms with Crippen LogP contribution in [0.3, 0.4) is 0 Å². The Morgan fingerprint density at radius 2 is 0.905 bits per heavy atom. The fraction of sp³-hybridized carbons (Fsp3) is 0.541. The molecule has 8 aliphatic heterocycles. The molecular weight excluding hydrogens is 1820 g/mol. The molecule has 6 aromatic rings. The molecule has 0 saturated carbocycles. The molecule has 26 atom stereocenters. The third-order valence-electron chi connectivity index (χ3n) is 18.6. The van der Waals surface area contributed by atoms with E-state index in [1.807, 2.05) is 4.98 Å². The van der Waals surface area contributed by atoms with Gasteiger partial charge in [0.25, 0.3) is 63.6 Å². The number of nitrogens with two attached hydrogens (primary N) is 1. The van der Waals surface area contributed by atoms with Crippen LogP contribution in [0.4, 0.5) is 62.9 Å². The van der Waals surface area contributed by atoms with Gasteiger partial charge < -0.3 is 135 Å². The summed E-state index contributed by atoms with van der Waals surface area (Å²) in [6.07, 6.45) is -27.0. The zero-order valence-electron chi connectivity index (χ0n) is 63.6. The number of amides is 2. The zero-order valence-corrected chi connectivity index (χ0v) is 66.3. The second-order valence-corrected chi connectivity index (χ2v) is 31.9. The van der Waals surface area contributed by atoms with Gasteiger partial charge >= 0.3 is 34.8 Å². The van der Waals surface area contributed by atoms with Gasteiger partial charge in [0.2, 0.25) is 0 Å². The Balaban J connectivity index is 0.000000173. The lowest BCUT2D eigenvalue weighted by Crippen LogP contribution is -2.45. The Hall–Kier alpha value is -9.54. The number of nitrogen functional groups attached to an aromatic ring is 1. The van der Waals surface area contributed by atoms with Crippen molar-refractivity contribution >= 4 is 63.4 Å². The molecule has 126 heavy (non-hydrogen) atoms. The molecule has 2 unspecified atom stereocenters. The first-order chi connectivity index (χ1) is 58.3. The number of halogens is 13. The predicted octanol–water partition coefficient (Wildman–Crippen LogP) is -3.33. The van der Waals surface area contributed by atoms with Crippen LogP contribution in [0.25, 0.3) is 22.3 Å². The van der Waals surface area contributed by atoms with Gasteiger partial charge in [-0.05, 0) is 19.9 Å². The van der Waals surface area contributed by atoms with E-state index in [9.17, 15) is 130 Å². The molecule has 49 nitrogen and oxygen atoms in total. The van der Waals surface area contributed by atoms with Crippen LogP contribution in [0.2, 0.25) is 0 Å². The Bertz CT molecular complexity index is 5350. The van der Waals surface area contributed by atoms with Crippen molar-refractivity contribution < 1.29 is 187 Å². The van der Waals surface area contributed by atoms with Crippen LogP contribution in [0, 0.1) is 19.8 Å². The number of nitrogens with one attached hydrogen (secondary N) is 6. The fourth-order valence-electron chi connectivity index (χ4n) is 12.3. The second-order valence-electron chi connectivity index (χ2n) is 27.5. The summed E-state index contributed by atoms with van der Waals surface area (Å²) in [4.78, 5) is 144. The normalized spacial score (nSPS) is 35.0. The predicted molar refractivity (Wildman–Crippen MR) is 383 cm³/mol. The van der Waals surface area contributed by atoms with E-state index in [-0.39, 0.29) is 57.1 Å². The molecule has 14 rings (SSSR count). The minimum absolute atomic E-state index is 0.00158. The van der Waals surface area contributed by atoms with Gasteiger partial charge in [0, 0.05) is 42.7 Å². The number of anilines is 1. The number of aliphatic hydroxyl groups is 9. The van der Waals surface area contributed by atoms with Crippen LogP contribution < -0.4 is 44.4 Å². The smallest absolute Gasteiger partial charge is 0.390 e. The Kier molecular flexibility index (Phi) is 30.2. The van der Waals surface area contributed by atoms with Gasteiger partial charge in [-0.1, -0.05) is 20.1 Å². The maximum Gasteiger partial charge on any atom is 0.490 e. The number of nitrogens with zero attached hydrogens (tertiary/aromatic N) is 10. The Morgan fingerprint density at radius 1 is 0.516 bits per heavy atom. The molecule has 6 saturated heterocycles. The number of carbonyl (C=O) groups excluding carboxylic acids is 2. The number of hydrogen-bond donors (Lipinski definition) is 20. The third kappa shape index (κ3) is 21.2. The van der Waals surface area contributed by atoms with E-state index < -0.39 is 249 Å². The number of phosphoric ester groups is 1. The van der Waals surface area contributed by atoms with Gasteiger partial charge in [-0.15, -0.1) is 0 Å². The zero-order chi connectivity index (χ0) is 94.3. The number of phosphoric acid groups is 3. The summed E-state index contributed by atoms with van der Waals surface area (Å²) in [5, 5.41) is 86.7. The number of aromatic nitrogens is 12. The van der Waals surface area contributed by atoms with Crippen LogP contribution in [0.5, 0.6) is 0 Å². The molecule has 14 heterocycles. The largest absolute Gasteiger partial charge is 0.490 e. The maximum atomic E-state index is 15.0. The van der Waals surface area contributed by atoms with Crippen molar-refractivity contribution in [2.24, 2.45) is 5.92 Å². The van der Waals surface area contributed by atoms with Crippen LogP contribution >= 0.6 is 23.5 Å². The van der Waals surface area contributed by atoms with E-state index in [2.05, 4.69) is 95.8 Å². The molecule has 2 amide bonds. The molecular formula is C61H73F13N17O32P3. The summed E-state index contributed by atoms with van der Waals surface area (Å²) in [6.45, 7) is 3.30. The monoisotopic (exact) mass is 1900 g/mol. The Morgan fingerprint density at radius 3 is 1.30 bits per heavy atom. The minimum Gasteiger partial charge on any atom is -0.390 e. The summed E-state index contributed by atoms with van der Waals surface area (Å²) >= 11 is 0. The van der Waals surface area contributed by atoms with Crippen molar-refractivity contribution in [3.63, 3.8) is 0 Å². The van der Waals surface area contributed by atoms with Crippen molar-refractivity contribution in [2.45, 2.75) is 161 Å². The van der Waals surface area contributed by atoms with Crippen molar-refractivity contribution in [2.75, 3.05) is 45.4 Å². The van der Waals surface area contributed by atoms with Crippen molar-refractivity contribution in [3.05, 3.63) is 150 Å². The molecule has 0 radical (unpaired) electrons. The van der Waals surface area contributed by atoms with Crippen LogP contribution in [-0.2, 0) is 64.9 Å². The van der Waals surface area contributed by atoms with Crippen molar-refractivity contribution in [3.8, 4) is 0 Å². The van der Waals surface area contributed by atoms with E-state index in [4.69, 9.17) is 55.4 Å². The van der Waals surface area contributed by atoms with Gasteiger partial charge in [0.1, 0.15) is 81.0 Å². The SMILES string of the molecule is C=C1NC(=O)C=CN1[C@@H]1O[C@](F)(CO)[C@@H](F)[C@H]1F.C=C1NC(=O)C=CN1[C@@H]1O[C@](F)(CO)[C@@H](O)[C@H]1F.C[C@H]1[C@H](c2cc(=O)[nH]c(=O)[nH]2)O[C@](F)(COP(=O)(O)OP(=O)(O)OP(=O)(O)O)[C@H]1O.Cc1nc2c(ncn2[C@@H]2O[C@](F)(CO)[C@@H](F)[C@H]2F)c(=O)[nH]1.Cc1nc2c(ncn2[C@@H]2O[C@](F)(CO)[C@@H](O)[C@H]2F)c(=O)[nH]1.Nc1ccn([C@@H]2O[C@](F)(CO)[C@@H](O)[C@H]2F)c(=O)n1. The van der Waals surface area contributed by atoms with Crippen molar-refractivity contribution in [1.29, 1.82) is 0 Å². The molecule has 21 N–H and O–H groups in total. The van der Waals surface area contributed by atoms with Gasteiger partial charge in [-0.3, -0.25) is 47.2 Å². The highest BCUT2D eigenvalue weighted by Gasteiger charge is 2.64. The van der Waals surface area contributed by atoms with E-state index in [0.29, 0.717) is 4.57 Å². The molecule has 0 bridgehead atoms. The molecule has 0 aromatic carbocycles. The number of imidazole rings is 2. The van der Waals surface area contributed by atoms with Gasteiger partial charge in [0.15, 0.2) is 115 Å². The van der Waals surface area contributed by atoms with Crippen molar-refractivity contribution in [1.82, 2.24) is 79.0 Å². The van der Waals surface area contributed by atoms with Crippen LogP contribution in [-0.4, -0.2) is 301 Å². The summed E-state index contributed by atoms with van der Waals surface area (Å²) in [7, 11) is -17.1. The fourth-order valence-corrected chi connectivity index (χ4v) is 15.4. The number of ether oxygens (including phenoxy) is 6.